The summed E-state index contributed by atoms with van der Waals surface area (Å²) in [5.74, 6) is 0. The molecular formula is C13H21N3O. The molecule has 4 nitrogen and oxygen atoms in total. The number of hydrogen-bond acceptors (Lipinski definition) is 4. The van der Waals surface area contributed by atoms with Gasteiger partial charge in [0.05, 0.1) is 5.69 Å². The predicted molar refractivity (Wildman–Crippen MR) is 67.4 cm³/mol. The maximum absolute atomic E-state index is 5.70. The van der Waals surface area contributed by atoms with Gasteiger partial charge in [-0.25, -0.2) is 0 Å². The van der Waals surface area contributed by atoms with Gasteiger partial charge in [-0.05, 0) is 31.5 Å². The zero-order valence-corrected chi connectivity index (χ0v) is 10.4. The van der Waals surface area contributed by atoms with Crippen molar-refractivity contribution in [2.45, 2.75) is 32.0 Å². The molecule has 1 aliphatic heterocycles. The van der Waals surface area contributed by atoms with E-state index in [2.05, 4.69) is 23.0 Å². The molecule has 0 atom stereocenters. The first-order chi connectivity index (χ1) is 8.31. The minimum absolute atomic E-state index is 0.512. The summed E-state index contributed by atoms with van der Waals surface area (Å²) in [7, 11) is 2.17. The van der Waals surface area contributed by atoms with Gasteiger partial charge in [0.2, 0.25) is 0 Å². The largest absolute Gasteiger partial charge is 0.381 e. The highest BCUT2D eigenvalue weighted by atomic mass is 16.5. The highest BCUT2D eigenvalue weighted by Crippen LogP contribution is 2.16. The van der Waals surface area contributed by atoms with E-state index >= 15 is 0 Å². The van der Waals surface area contributed by atoms with Crippen molar-refractivity contribution in [3.05, 3.63) is 29.6 Å². The molecule has 1 aromatic rings. The molecule has 1 aliphatic rings. The molecule has 0 amide bonds. The molecule has 0 unspecified atom stereocenters. The van der Waals surface area contributed by atoms with E-state index in [-0.39, 0.29) is 0 Å². The number of hydrogen-bond donors (Lipinski definition) is 1. The van der Waals surface area contributed by atoms with E-state index in [1.807, 2.05) is 6.07 Å². The molecule has 1 saturated heterocycles. The lowest BCUT2D eigenvalue weighted by Gasteiger charge is -2.31. The SMILES string of the molecule is CN(Cc1cccnc1CN)C1CCOCC1. The van der Waals surface area contributed by atoms with Crippen molar-refractivity contribution in [2.75, 3.05) is 20.3 Å². The van der Waals surface area contributed by atoms with Crippen molar-refractivity contribution >= 4 is 0 Å². The summed E-state index contributed by atoms with van der Waals surface area (Å²) < 4.78 is 5.39. The normalized spacial score (nSPS) is 17.6. The fourth-order valence-electron chi connectivity index (χ4n) is 2.32. The summed E-state index contributed by atoms with van der Waals surface area (Å²) in [5, 5.41) is 0. The first kappa shape index (κ1) is 12.5. The van der Waals surface area contributed by atoms with Crippen LogP contribution >= 0.6 is 0 Å². The van der Waals surface area contributed by atoms with Gasteiger partial charge in [0, 0.05) is 38.5 Å². The molecule has 0 radical (unpaired) electrons. The second-order valence-corrected chi connectivity index (χ2v) is 4.57. The first-order valence-corrected chi connectivity index (χ1v) is 6.22. The number of rotatable bonds is 4. The van der Waals surface area contributed by atoms with Gasteiger partial charge in [0.25, 0.3) is 0 Å². The summed E-state index contributed by atoms with van der Waals surface area (Å²) in [5.41, 5.74) is 7.95. The third kappa shape index (κ3) is 3.25. The third-order valence-electron chi connectivity index (χ3n) is 3.41. The van der Waals surface area contributed by atoms with Crippen molar-refractivity contribution in [3.63, 3.8) is 0 Å². The Balaban J connectivity index is 1.99. The van der Waals surface area contributed by atoms with Crippen LogP contribution in [0.3, 0.4) is 0 Å². The van der Waals surface area contributed by atoms with E-state index in [0.29, 0.717) is 12.6 Å². The molecule has 0 aromatic carbocycles. The van der Waals surface area contributed by atoms with Crippen molar-refractivity contribution in [2.24, 2.45) is 5.73 Å². The third-order valence-corrected chi connectivity index (χ3v) is 3.41. The Morgan fingerprint density at radius 2 is 2.24 bits per heavy atom. The number of nitrogens with two attached hydrogens (primary N) is 1. The van der Waals surface area contributed by atoms with Crippen molar-refractivity contribution in [3.8, 4) is 0 Å². The lowest BCUT2D eigenvalue weighted by Crippen LogP contribution is -2.36. The van der Waals surface area contributed by atoms with Crippen LogP contribution in [0.25, 0.3) is 0 Å². The van der Waals surface area contributed by atoms with E-state index in [9.17, 15) is 0 Å². The monoisotopic (exact) mass is 235 g/mol. The zero-order valence-electron chi connectivity index (χ0n) is 10.4. The summed E-state index contributed by atoms with van der Waals surface area (Å²) in [6.45, 7) is 3.19. The van der Waals surface area contributed by atoms with E-state index in [0.717, 1.165) is 38.3 Å². The van der Waals surface area contributed by atoms with Gasteiger partial charge in [0.1, 0.15) is 0 Å². The van der Waals surface area contributed by atoms with E-state index in [1.54, 1.807) is 6.20 Å². The Bertz CT molecular complexity index is 350. The van der Waals surface area contributed by atoms with Crippen molar-refractivity contribution in [1.29, 1.82) is 0 Å². The lowest BCUT2D eigenvalue weighted by molar-refractivity contribution is 0.0406. The fraction of sp³-hybridized carbons (Fsp3) is 0.615. The maximum atomic E-state index is 5.70. The van der Waals surface area contributed by atoms with Crippen LogP contribution in [-0.2, 0) is 17.8 Å². The molecular weight excluding hydrogens is 214 g/mol. The Labute approximate surface area is 103 Å². The van der Waals surface area contributed by atoms with Crippen LogP contribution in [-0.4, -0.2) is 36.2 Å². The molecule has 17 heavy (non-hydrogen) atoms. The minimum Gasteiger partial charge on any atom is -0.381 e. The number of pyridine rings is 1. The Morgan fingerprint density at radius 3 is 2.94 bits per heavy atom. The van der Waals surface area contributed by atoms with Crippen LogP contribution < -0.4 is 5.73 Å². The van der Waals surface area contributed by atoms with Gasteiger partial charge in [0.15, 0.2) is 0 Å². The maximum Gasteiger partial charge on any atom is 0.0584 e. The fourth-order valence-corrected chi connectivity index (χ4v) is 2.32. The van der Waals surface area contributed by atoms with Crippen LogP contribution in [0.1, 0.15) is 24.1 Å². The second-order valence-electron chi connectivity index (χ2n) is 4.57. The number of ether oxygens (including phenoxy) is 1. The van der Waals surface area contributed by atoms with Gasteiger partial charge in [-0.2, -0.15) is 0 Å². The van der Waals surface area contributed by atoms with Crippen LogP contribution in [0, 0.1) is 0 Å². The summed E-state index contributed by atoms with van der Waals surface area (Å²) in [6.07, 6.45) is 4.05. The molecule has 1 fully saturated rings. The highest BCUT2D eigenvalue weighted by molar-refractivity contribution is 5.19. The lowest BCUT2D eigenvalue weighted by atomic mass is 10.1. The quantitative estimate of drug-likeness (QED) is 0.850. The Hall–Kier alpha value is -0.970. The van der Waals surface area contributed by atoms with Gasteiger partial charge >= 0.3 is 0 Å². The van der Waals surface area contributed by atoms with Crippen LogP contribution in [0.5, 0.6) is 0 Å². The summed E-state index contributed by atoms with van der Waals surface area (Å²) in [4.78, 5) is 6.71. The van der Waals surface area contributed by atoms with Crippen molar-refractivity contribution in [1.82, 2.24) is 9.88 Å². The predicted octanol–water partition coefficient (Wildman–Crippen LogP) is 1.15. The average molecular weight is 235 g/mol. The molecule has 2 heterocycles. The van der Waals surface area contributed by atoms with Crippen LogP contribution in [0.4, 0.5) is 0 Å². The topological polar surface area (TPSA) is 51.4 Å². The first-order valence-electron chi connectivity index (χ1n) is 6.22. The molecule has 0 aliphatic carbocycles. The summed E-state index contributed by atoms with van der Waals surface area (Å²) in [6, 6.07) is 4.71. The van der Waals surface area contributed by atoms with Gasteiger partial charge < -0.3 is 10.5 Å². The molecule has 1 aromatic heterocycles. The molecule has 2 rings (SSSR count). The van der Waals surface area contributed by atoms with Crippen LogP contribution in [0.15, 0.2) is 18.3 Å². The van der Waals surface area contributed by atoms with Crippen molar-refractivity contribution < 1.29 is 4.74 Å². The van der Waals surface area contributed by atoms with Gasteiger partial charge in [-0.1, -0.05) is 6.07 Å². The van der Waals surface area contributed by atoms with E-state index in [4.69, 9.17) is 10.5 Å². The average Bonchev–Trinajstić information content (AvgIpc) is 2.40. The smallest absolute Gasteiger partial charge is 0.0584 e. The van der Waals surface area contributed by atoms with E-state index in [1.165, 1.54) is 5.56 Å². The Kier molecular flexibility index (Phi) is 4.48. The number of nitrogens with zero attached hydrogens (tertiary/aromatic N) is 2. The molecule has 0 saturated carbocycles. The molecule has 4 heteroatoms. The number of aromatic nitrogens is 1. The molecule has 94 valence electrons. The van der Waals surface area contributed by atoms with Gasteiger partial charge in [-0.3, -0.25) is 9.88 Å². The molecule has 0 spiro atoms. The highest BCUT2D eigenvalue weighted by Gasteiger charge is 2.19. The standard InChI is InChI=1S/C13H21N3O/c1-16(12-4-7-17-8-5-12)10-11-3-2-6-15-13(11)9-14/h2-3,6,12H,4-5,7-10,14H2,1H3. The van der Waals surface area contributed by atoms with E-state index < -0.39 is 0 Å². The Morgan fingerprint density at radius 1 is 1.47 bits per heavy atom. The summed E-state index contributed by atoms with van der Waals surface area (Å²) >= 11 is 0. The van der Waals surface area contributed by atoms with Crippen LogP contribution in [0.2, 0.25) is 0 Å². The second kappa shape index (κ2) is 6.10. The minimum atomic E-state index is 0.512. The molecule has 0 bridgehead atoms. The zero-order chi connectivity index (χ0) is 12.1. The molecule has 2 N–H and O–H groups in total. The van der Waals surface area contributed by atoms with Gasteiger partial charge in [-0.15, -0.1) is 0 Å².